The van der Waals surface area contributed by atoms with Gasteiger partial charge >= 0.3 is 0 Å². The average molecular weight is 163 g/mol. The van der Waals surface area contributed by atoms with Crippen LogP contribution in [0.5, 0.6) is 0 Å². The van der Waals surface area contributed by atoms with Crippen molar-refractivity contribution >= 4 is 18.5 Å². The molecule has 2 N–H and O–H groups in total. The van der Waals surface area contributed by atoms with Gasteiger partial charge < -0.3 is 10.6 Å². The first kappa shape index (κ1) is 6.16. The van der Waals surface area contributed by atoms with Crippen LogP contribution in [0.25, 0.3) is 0 Å². The molecule has 3 rings (SSSR count). The molecule has 3 aliphatic rings. The first-order chi connectivity index (χ1) is 5.71. The molecule has 2 aliphatic heterocycles. The topological polar surface area (TPSA) is 66.3 Å². The summed E-state index contributed by atoms with van der Waals surface area (Å²) in [5.41, 5.74) is 5.25. The van der Waals surface area contributed by atoms with E-state index in [2.05, 4.69) is 15.0 Å². The van der Waals surface area contributed by atoms with Gasteiger partial charge in [0.2, 0.25) is 0 Å². The summed E-state index contributed by atoms with van der Waals surface area (Å²) in [5, 5.41) is 0. The van der Waals surface area contributed by atoms with E-state index >= 15 is 0 Å². The minimum atomic E-state index is -0.309. The maximum absolute atomic E-state index is 5.77. The number of hydrogen-bond donors (Lipinski definition) is 1. The molecule has 12 heavy (non-hydrogen) atoms. The third-order valence-electron chi connectivity index (χ3n) is 2.97. The van der Waals surface area contributed by atoms with Crippen LogP contribution in [0.2, 0.25) is 0 Å². The smallest absolute Gasteiger partial charge is 0.170 e. The molecule has 5 heteroatoms. The first-order valence-corrected chi connectivity index (χ1v) is 3.87. The molecule has 1 fully saturated rings. The Morgan fingerprint density at radius 3 is 3.17 bits per heavy atom. The fourth-order valence-corrected chi connectivity index (χ4v) is 2.06. The van der Waals surface area contributed by atoms with E-state index in [4.69, 9.17) is 5.73 Å². The van der Waals surface area contributed by atoms with Crippen LogP contribution in [0, 0.1) is 0 Å². The monoisotopic (exact) mass is 163 g/mol. The van der Waals surface area contributed by atoms with Gasteiger partial charge in [-0.1, -0.05) is 0 Å². The Hall–Kier alpha value is -1.39. The average Bonchev–Trinajstić information content (AvgIpc) is 2.66. The second kappa shape index (κ2) is 1.39. The Bertz CT molecular complexity index is 344. The van der Waals surface area contributed by atoms with Gasteiger partial charge in [0.05, 0.1) is 6.34 Å². The summed E-state index contributed by atoms with van der Waals surface area (Å²) in [4.78, 5) is 14.7. The minimum Gasteiger partial charge on any atom is -0.385 e. The number of aliphatic imine (C=N–C) groups is 3. The summed E-state index contributed by atoms with van der Waals surface area (Å²) < 4.78 is 0. The van der Waals surface area contributed by atoms with E-state index in [0.29, 0.717) is 5.84 Å². The van der Waals surface area contributed by atoms with E-state index < -0.39 is 0 Å². The number of rotatable bonds is 0. The number of nitrogens with two attached hydrogens (primary N) is 1. The fourth-order valence-electron chi connectivity index (χ4n) is 2.06. The van der Waals surface area contributed by atoms with Gasteiger partial charge in [0.25, 0.3) is 0 Å². The standard InChI is InChI=1S/C7H9N5/c1-12-4-11-6-2-7(6,12)10-3-9-5(6)8/h3-4H,2H2,1H3,(H2,8,9,10). The van der Waals surface area contributed by atoms with Crippen LogP contribution < -0.4 is 5.73 Å². The van der Waals surface area contributed by atoms with Gasteiger partial charge in [-0.2, -0.15) is 0 Å². The lowest BCUT2D eigenvalue weighted by Crippen LogP contribution is -2.42. The molecule has 0 saturated heterocycles. The predicted octanol–water partition coefficient (Wildman–Crippen LogP) is -0.802. The predicted molar refractivity (Wildman–Crippen MR) is 46.4 cm³/mol. The van der Waals surface area contributed by atoms with E-state index in [-0.39, 0.29) is 11.2 Å². The van der Waals surface area contributed by atoms with Crippen LogP contribution in [0.3, 0.4) is 0 Å². The van der Waals surface area contributed by atoms with Gasteiger partial charge in [-0.15, -0.1) is 0 Å². The van der Waals surface area contributed by atoms with E-state index in [1.54, 1.807) is 6.34 Å². The molecule has 5 nitrogen and oxygen atoms in total. The van der Waals surface area contributed by atoms with Crippen LogP contribution >= 0.6 is 0 Å². The van der Waals surface area contributed by atoms with Crippen molar-refractivity contribution < 1.29 is 0 Å². The Kier molecular flexibility index (Phi) is 0.716. The third kappa shape index (κ3) is 0.372. The minimum absolute atomic E-state index is 0.209. The third-order valence-corrected chi connectivity index (χ3v) is 2.97. The molecular weight excluding hydrogens is 154 g/mol. The Labute approximate surface area is 69.7 Å². The van der Waals surface area contributed by atoms with E-state index in [1.165, 1.54) is 6.34 Å². The molecule has 2 heterocycles. The van der Waals surface area contributed by atoms with Crippen molar-refractivity contribution in [2.45, 2.75) is 17.6 Å². The Morgan fingerprint density at radius 1 is 1.58 bits per heavy atom. The molecular formula is C7H9N5. The fraction of sp³-hybridized carbons (Fsp3) is 0.571. The summed E-state index contributed by atoms with van der Waals surface area (Å²) in [6.07, 6.45) is 4.19. The van der Waals surface area contributed by atoms with Gasteiger partial charge in [-0.3, -0.25) is 4.99 Å². The summed E-state index contributed by atoms with van der Waals surface area (Å²) in [6, 6.07) is 0. The summed E-state index contributed by atoms with van der Waals surface area (Å²) in [5.74, 6) is 0.595. The van der Waals surface area contributed by atoms with Crippen LogP contribution in [-0.4, -0.2) is 41.7 Å². The zero-order valence-corrected chi connectivity index (χ0v) is 6.73. The van der Waals surface area contributed by atoms with Crippen LogP contribution in [-0.2, 0) is 0 Å². The molecule has 0 aromatic rings. The van der Waals surface area contributed by atoms with E-state index in [0.717, 1.165) is 6.42 Å². The number of hydrogen-bond acceptors (Lipinski definition) is 5. The highest BCUT2D eigenvalue weighted by molar-refractivity contribution is 6.05. The van der Waals surface area contributed by atoms with E-state index in [9.17, 15) is 0 Å². The molecule has 0 bridgehead atoms. The van der Waals surface area contributed by atoms with Crippen molar-refractivity contribution in [2.75, 3.05) is 7.05 Å². The van der Waals surface area contributed by atoms with Crippen LogP contribution in [0.1, 0.15) is 6.42 Å². The SMILES string of the molecule is CN1C=NC23CC12N=CN=C3N. The molecule has 62 valence electrons. The molecule has 2 unspecified atom stereocenters. The van der Waals surface area contributed by atoms with Gasteiger partial charge in [0, 0.05) is 13.5 Å². The molecule has 0 spiro atoms. The quantitative estimate of drug-likeness (QED) is 0.508. The van der Waals surface area contributed by atoms with Crippen LogP contribution in [0.4, 0.5) is 0 Å². The first-order valence-electron chi connectivity index (χ1n) is 3.87. The van der Waals surface area contributed by atoms with Crippen molar-refractivity contribution in [3.8, 4) is 0 Å². The molecule has 0 aromatic carbocycles. The van der Waals surface area contributed by atoms with Crippen molar-refractivity contribution in [3.05, 3.63) is 0 Å². The summed E-state index contributed by atoms with van der Waals surface area (Å²) >= 11 is 0. The molecule has 0 amide bonds. The lowest BCUT2D eigenvalue weighted by atomic mass is 10.2. The van der Waals surface area contributed by atoms with Crippen molar-refractivity contribution in [1.29, 1.82) is 0 Å². The molecule has 2 atom stereocenters. The zero-order valence-electron chi connectivity index (χ0n) is 6.73. The maximum Gasteiger partial charge on any atom is 0.170 e. The number of nitrogens with zero attached hydrogens (tertiary/aromatic N) is 4. The van der Waals surface area contributed by atoms with Gasteiger partial charge in [0.1, 0.15) is 12.2 Å². The normalized spacial score (nSPS) is 47.1. The zero-order chi connectivity index (χ0) is 8.40. The van der Waals surface area contributed by atoms with Crippen molar-refractivity contribution in [1.82, 2.24) is 4.90 Å². The lowest BCUT2D eigenvalue weighted by Gasteiger charge is -2.21. The molecule has 1 saturated carbocycles. The second-order valence-corrected chi connectivity index (χ2v) is 3.47. The highest BCUT2D eigenvalue weighted by Gasteiger charge is 2.77. The molecule has 0 radical (unpaired) electrons. The van der Waals surface area contributed by atoms with E-state index in [1.807, 2.05) is 11.9 Å². The van der Waals surface area contributed by atoms with Gasteiger partial charge in [0.15, 0.2) is 11.2 Å². The largest absolute Gasteiger partial charge is 0.385 e. The molecule has 1 aliphatic carbocycles. The van der Waals surface area contributed by atoms with Gasteiger partial charge in [-0.05, 0) is 0 Å². The summed E-state index contributed by atoms with van der Waals surface area (Å²) in [6.45, 7) is 0. The highest BCUT2D eigenvalue weighted by atomic mass is 15.5. The van der Waals surface area contributed by atoms with Crippen molar-refractivity contribution in [3.63, 3.8) is 0 Å². The lowest BCUT2D eigenvalue weighted by molar-refractivity contribution is 0.365. The van der Waals surface area contributed by atoms with Gasteiger partial charge in [-0.25, -0.2) is 9.98 Å². The highest BCUT2D eigenvalue weighted by Crippen LogP contribution is 2.59. The second-order valence-electron chi connectivity index (χ2n) is 3.47. The number of likely N-dealkylation sites (N-methyl/N-ethyl adjacent to an activating group) is 1. The molecule has 0 aromatic heterocycles. The number of amidine groups is 1. The maximum atomic E-state index is 5.77. The Balaban J connectivity index is 2.18. The summed E-state index contributed by atoms with van der Waals surface area (Å²) in [7, 11) is 1.97. The van der Waals surface area contributed by atoms with Crippen LogP contribution in [0.15, 0.2) is 15.0 Å². The van der Waals surface area contributed by atoms with Crippen molar-refractivity contribution in [2.24, 2.45) is 20.7 Å². The Morgan fingerprint density at radius 2 is 2.42 bits per heavy atom.